The van der Waals surface area contributed by atoms with Gasteiger partial charge in [0.25, 0.3) is 5.78 Å². The van der Waals surface area contributed by atoms with Crippen LogP contribution < -0.4 is 0 Å². The molecule has 0 unspecified atom stereocenters. The van der Waals surface area contributed by atoms with E-state index in [1.807, 2.05) is 0 Å². The Balaban J connectivity index is 2.84. The van der Waals surface area contributed by atoms with Crippen LogP contribution in [0.5, 0.6) is 0 Å². The van der Waals surface area contributed by atoms with Crippen molar-refractivity contribution in [2.75, 3.05) is 0 Å². The number of nitrogens with zero attached hydrogens (tertiary/aromatic N) is 1. The van der Waals surface area contributed by atoms with Crippen molar-refractivity contribution in [3.8, 4) is 0 Å². The summed E-state index contributed by atoms with van der Waals surface area (Å²) in [7, 11) is -4.83. The summed E-state index contributed by atoms with van der Waals surface area (Å²) >= 11 is 0. The highest BCUT2D eigenvalue weighted by Gasteiger charge is 2.38. The second-order valence-corrected chi connectivity index (χ2v) is 4.97. The molecule has 0 saturated heterocycles. The zero-order chi connectivity index (χ0) is 13.5. The average Bonchev–Trinajstić information content (AvgIpc) is 2.31. The smallest absolute Gasteiger partial charge is 0.396 e. The molecule has 2 rings (SSSR count). The van der Waals surface area contributed by atoms with E-state index in [1.165, 1.54) is 12.1 Å². The van der Waals surface area contributed by atoms with Crippen molar-refractivity contribution in [2.24, 2.45) is 0 Å². The van der Waals surface area contributed by atoms with Crippen LogP contribution in [0.4, 0.5) is 0 Å². The van der Waals surface area contributed by atoms with Crippen molar-refractivity contribution < 1.29 is 27.3 Å². The lowest BCUT2D eigenvalue weighted by molar-refractivity contribution is -0.120. The maximum Gasteiger partial charge on any atom is 0.396 e. The molecule has 0 radical (unpaired) electrons. The first kappa shape index (κ1) is 12.3. The number of carbonyl (C=O) groups is 2. The Morgan fingerprint density at radius 3 is 2.50 bits per heavy atom. The third-order valence-electron chi connectivity index (χ3n) is 2.54. The molecule has 1 aliphatic rings. The summed E-state index contributed by atoms with van der Waals surface area (Å²) in [6.07, 6.45) is -0.470. The van der Waals surface area contributed by atoms with Gasteiger partial charge in [-0.2, -0.15) is 0 Å². The molecule has 0 amide bonds. The number of fused-ring (bicyclic) bond motifs is 1. The molecule has 0 saturated carbocycles. The Bertz CT molecular complexity index is 729. The second kappa shape index (κ2) is 3.95. The van der Waals surface area contributed by atoms with Crippen LogP contribution in [0.3, 0.4) is 0 Å². The number of ketones is 2. The van der Waals surface area contributed by atoms with E-state index in [2.05, 4.69) is 4.79 Å². The molecular formula is C10H6N2O5S. The van der Waals surface area contributed by atoms with E-state index in [-0.39, 0.29) is 11.3 Å². The number of Topliss-reactive ketones (excluding diaryl/α,β-unsaturated/α-hetero) is 2. The van der Waals surface area contributed by atoms with Gasteiger partial charge in [0.1, 0.15) is 16.5 Å². The van der Waals surface area contributed by atoms with E-state index in [1.54, 1.807) is 0 Å². The molecule has 18 heavy (non-hydrogen) atoms. The molecule has 8 heteroatoms. The van der Waals surface area contributed by atoms with Gasteiger partial charge in [-0.25, -0.2) is 8.42 Å². The normalized spacial score (nSPS) is 15.3. The molecule has 0 aliphatic heterocycles. The summed E-state index contributed by atoms with van der Waals surface area (Å²) in [5.41, 5.74) is 5.90. The molecule has 1 N–H and O–H groups in total. The zero-order valence-corrected chi connectivity index (χ0v) is 9.65. The maximum absolute atomic E-state index is 11.8. The van der Waals surface area contributed by atoms with Crippen LogP contribution in [0.1, 0.15) is 27.1 Å². The van der Waals surface area contributed by atoms with Crippen LogP contribution in [0.2, 0.25) is 0 Å². The van der Waals surface area contributed by atoms with Gasteiger partial charge in [-0.15, -0.1) is 0 Å². The van der Waals surface area contributed by atoms with Gasteiger partial charge >= 0.3 is 5.71 Å². The van der Waals surface area contributed by atoms with E-state index in [4.69, 9.17) is 5.53 Å². The molecule has 1 aliphatic carbocycles. The summed E-state index contributed by atoms with van der Waals surface area (Å²) < 4.78 is 33.1. The van der Waals surface area contributed by atoms with Crippen molar-refractivity contribution in [1.82, 2.24) is 0 Å². The standard InChI is InChI=1S/C10H6N2O5S/c11-12-6-4-7(13)9-5(10(6)14)2-1-3-8(9)18(15,16)17/h1-3,11H,4H2. The molecule has 0 spiro atoms. The Hall–Kier alpha value is -2.15. The Kier molecular flexibility index (Phi) is 2.70. The fourth-order valence-electron chi connectivity index (χ4n) is 1.78. The Labute approximate surface area is 101 Å². The highest BCUT2D eigenvalue weighted by atomic mass is 32.2. The van der Waals surface area contributed by atoms with Gasteiger partial charge in [0.2, 0.25) is 0 Å². The van der Waals surface area contributed by atoms with Crippen molar-refractivity contribution in [3.05, 3.63) is 29.3 Å². The summed E-state index contributed by atoms with van der Waals surface area (Å²) in [6, 6.07) is 3.41. The SMILES string of the molecule is N=[N+]=C1CC(=O)c2c(cccc2S(=O)(=O)[O-])C1=O. The largest absolute Gasteiger partial charge is 0.744 e. The number of rotatable bonds is 1. The van der Waals surface area contributed by atoms with Gasteiger partial charge < -0.3 is 4.55 Å². The first-order chi connectivity index (χ1) is 8.36. The number of hydrogen-bond donors (Lipinski definition) is 1. The van der Waals surface area contributed by atoms with E-state index in [0.29, 0.717) is 0 Å². The van der Waals surface area contributed by atoms with Crippen LogP contribution in [0.25, 0.3) is 0 Å². The summed E-state index contributed by atoms with van der Waals surface area (Å²) in [6.45, 7) is 0. The van der Waals surface area contributed by atoms with Crippen molar-refractivity contribution in [3.63, 3.8) is 0 Å². The van der Waals surface area contributed by atoms with Gasteiger partial charge in [0, 0.05) is 11.1 Å². The Morgan fingerprint density at radius 2 is 1.94 bits per heavy atom. The minimum Gasteiger partial charge on any atom is -0.744 e. The monoisotopic (exact) mass is 266 g/mol. The fraction of sp³-hybridized carbons (Fsp3) is 0.100. The molecule has 0 aromatic heterocycles. The first-order valence-electron chi connectivity index (χ1n) is 4.76. The van der Waals surface area contributed by atoms with Gasteiger partial charge in [-0.3, -0.25) is 9.59 Å². The molecule has 1 aromatic carbocycles. The summed E-state index contributed by atoms with van der Waals surface area (Å²) in [4.78, 5) is 25.8. The molecule has 0 heterocycles. The quantitative estimate of drug-likeness (QED) is 0.435. The second-order valence-electron chi connectivity index (χ2n) is 3.62. The minimum atomic E-state index is -4.83. The summed E-state index contributed by atoms with van der Waals surface area (Å²) in [5, 5.41) is 0. The lowest BCUT2D eigenvalue weighted by Crippen LogP contribution is -2.29. The zero-order valence-electron chi connectivity index (χ0n) is 8.84. The van der Waals surface area contributed by atoms with Gasteiger partial charge in [0.15, 0.2) is 5.78 Å². The minimum absolute atomic E-state index is 0.200. The number of nitrogens with one attached hydrogen (secondary N) is 1. The van der Waals surface area contributed by atoms with E-state index < -0.39 is 38.6 Å². The highest BCUT2D eigenvalue weighted by Crippen LogP contribution is 2.25. The Morgan fingerprint density at radius 1 is 1.28 bits per heavy atom. The number of benzene rings is 1. The number of hydrogen-bond acceptors (Lipinski definition) is 6. The van der Waals surface area contributed by atoms with Crippen LogP contribution in [0.15, 0.2) is 23.1 Å². The van der Waals surface area contributed by atoms with E-state index in [9.17, 15) is 22.6 Å². The van der Waals surface area contributed by atoms with Gasteiger partial charge in [0.05, 0.1) is 15.2 Å². The van der Waals surface area contributed by atoms with Crippen molar-refractivity contribution in [2.45, 2.75) is 11.3 Å². The highest BCUT2D eigenvalue weighted by molar-refractivity contribution is 7.85. The number of carbonyl (C=O) groups excluding carboxylic acids is 2. The topological polar surface area (TPSA) is 129 Å². The van der Waals surface area contributed by atoms with Crippen LogP contribution >= 0.6 is 0 Å². The molecule has 1 aromatic rings. The van der Waals surface area contributed by atoms with Gasteiger partial charge in [-0.1, -0.05) is 6.07 Å². The predicted octanol–water partition coefficient (Wildman–Crippen LogP) is 0.0400. The lowest BCUT2D eigenvalue weighted by Gasteiger charge is -2.16. The van der Waals surface area contributed by atoms with Crippen LogP contribution in [-0.4, -0.2) is 35.0 Å². The average molecular weight is 266 g/mol. The van der Waals surface area contributed by atoms with Crippen LogP contribution in [-0.2, 0) is 10.1 Å². The fourth-order valence-corrected chi connectivity index (χ4v) is 2.50. The van der Waals surface area contributed by atoms with E-state index in [0.717, 1.165) is 6.07 Å². The molecule has 0 bridgehead atoms. The molecule has 0 fully saturated rings. The summed E-state index contributed by atoms with van der Waals surface area (Å²) in [5.74, 6) is -1.41. The molecule has 7 nitrogen and oxygen atoms in total. The van der Waals surface area contributed by atoms with E-state index >= 15 is 0 Å². The third kappa shape index (κ3) is 1.78. The van der Waals surface area contributed by atoms with Gasteiger partial charge in [-0.05, 0) is 12.1 Å². The first-order valence-corrected chi connectivity index (χ1v) is 6.17. The van der Waals surface area contributed by atoms with Crippen molar-refractivity contribution in [1.29, 1.82) is 5.53 Å². The maximum atomic E-state index is 11.8. The van der Waals surface area contributed by atoms with Crippen LogP contribution in [0, 0.1) is 5.53 Å². The molecule has 92 valence electrons. The lowest BCUT2D eigenvalue weighted by atomic mass is 9.88. The molecule has 0 atom stereocenters. The third-order valence-corrected chi connectivity index (χ3v) is 3.42. The predicted molar refractivity (Wildman–Crippen MR) is 55.7 cm³/mol. The molecular weight excluding hydrogens is 260 g/mol. The van der Waals surface area contributed by atoms with Crippen molar-refractivity contribution >= 4 is 27.4 Å².